The SMILES string of the molecule is CCOc1ncc(-c2cccc(N(CC34CCC(c5noc(C(F)F)n5)(CC3)CC4)C(=O)CC34CC(F)(C3)C4)c2)cn1. The van der Waals surface area contributed by atoms with Crippen LogP contribution >= 0.6 is 0 Å². The van der Waals surface area contributed by atoms with Crippen LogP contribution in [0.3, 0.4) is 0 Å². The first-order chi connectivity index (χ1) is 20.1. The van der Waals surface area contributed by atoms with Crippen molar-refractivity contribution in [3.63, 3.8) is 0 Å². The monoisotopic (exact) mass is 581 g/mol. The summed E-state index contributed by atoms with van der Waals surface area (Å²) in [6.07, 6.45) is 7.18. The highest BCUT2D eigenvalue weighted by atomic mass is 19.3. The molecule has 6 fully saturated rings. The lowest BCUT2D eigenvalue weighted by molar-refractivity contribution is -0.215. The highest BCUT2D eigenvalue weighted by Gasteiger charge is 2.69. The lowest BCUT2D eigenvalue weighted by Crippen LogP contribution is -2.65. The van der Waals surface area contributed by atoms with Crippen LogP contribution in [0.1, 0.15) is 89.3 Å². The van der Waals surface area contributed by atoms with Crippen molar-refractivity contribution in [2.24, 2.45) is 10.8 Å². The van der Waals surface area contributed by atoms with Crippen molar-refractivity contribution >= 4 is 11.6 Å². The van der Waals surface area contributed by atoms with Crippen LogP contribution in [0.4, 0.5) is 18.9 Å². The molecule has 9 rings (SSSR count). The Labute approximate surface area is 242 Å². The molecule has 11 heteroatoms. The second-order valence-electron chi connectivity index (χ2n) is 13.1. The molecule has 6 saturated carbocycles. The molecule has 0 saturated heterocycles. The Balaban J connectivity index is 1.13. The van der Waals surface area contributed by atoms with Gasteiger partial charge in [-0.2, -0.15) is 13.8 Å². The van der Waals surface area contributed by atoms with Crippen molar-refractivity contribution < 1.29 is 27.2 Å². The van der Waals surface area contributed by atoms with Crippen LogP contribution in [0.15, 0.2) is 41.2 Å². The zero-order valence-electron chi connectivity index (χ0n) is 23.6. The second-order valence-corrected chi connectivity index (χ2v) is 13.1. The largest absolute Gasteiger partial charge is 0.464 e. The first kappa shape index (κ1) is 27.3. The fourth-order valence-corrected chi connectivity index (χ4v) is 8.02. The zero-order chi connectivity index (χ0) is 29.2. The van der Waals surface area contributed by atoms with Crippen LogP contribution < -0.4 is 9.64 Å². The number of halogens is 3. The van der Waals surface area contributed by atoms with Gasteiger partial charge < -0.3 is 14.2 Å². The summed E-state index contributed by atoms with van der Waals surface area (Å²) in [7, 11) is 0. The first-order valence-corrected chi connectivity index (χ1v) is 14.8. The maximum absolute atomic E-state index is 14.3. The third-order valence-electron chi connectivity index (χ3n) is 10.3. The van der Waals surface area contributed by atoms with E-state index in [0.717, 1.165) is 55.3 Å². The summed E-state index contributed by atoms with van der Waals surface area (Å²) in [5.74, 6) is -0.221. The Morgan fingerprint density at radius 3 is 2.31 bits per heavy atom. The molecule has 2 heterocycles. The number of ether oxygens (including phenoxy) is 1. The van der Waals surface area contributed by atoms with Gasteiger partial charge in [-0.05, 0) is 93.2 Å². The van der Waals surface area contributed by atoms with Crippen LogP contribution in [0.5, 0.6) is 6.01 Å². The van der Waals surface area contributed by atoms with E-state index in [-0.39, 0.29) is 22.2 Å². The summed E-state index contributed by atoms with van der Waals surface area (Å²) < 4.78 is 50.8. The number of fused-ring (bicyclic) bond motifs is 3. The van der Waals surface area contributed by atoms with Crippen molar-refractivity contribution in [2.75, 3.05) is 18.1 Å². The van der Waals surface area contributed by atoms with E-state index in [1.165, 1.54) is 0 Å². The van der Waals surface area contributed by atoms with Crippen molar-refractivity contribution in [1.29, 1.82) is 0 Å². The summed E-state index contributed by atoms with van der Waals surface area (Å²) in [6.45, 7) is 2.90. The van der Waals surface area contributed by atoms with E-state index in [1.807, 2.05) is 36.1 Å². The Morgan fingerprint density at radius 1 is 1.02 bits per heavy atom. The Kier molecular flexibility index (Phi) is 6.36. The van der Waals surface area contributed by atoms with E-state index in [1.54, 1.807) is 12.4 Å². The van der Waals surface area contributed by atoms with Crippen molar-refractivity contribution in [1.82, 2.24) is 20.1 Å². The van der Waals surface area contributed by atoms with Crippen LogP contribution in [0.25, 0.3) is 11.1 Å². The fourth-order valence-electron chi connectivity index (χ4n) is 8.02. The standard InChI is InChI=1S/C31H34F3N5O3/c1-2-41-27-35-14-21(15-36-27)20-4-3-5-22(12-20)39(23(40)13-29-16-31(34,17-29)18-29)19-28-6-9-30(10-7-28,11-8-28)26-37-25(24(32)33)42-38-26/h3-5,12,14-15,24H,2,6-11,13,16-19H2,1H3. The molecule has 0 spiro atoms. The first-order valence-electron chi connectivity index (χ1n) is 14.8. The normalized spacial score (nSPS) is 31.0. The number of alkyl halides is 3. The van der Waals surface area contributed by atoms with Gasteiger partial charge in [0.2, 0.25) is 5.91 Å². The van der Waals surface area contributed by atoms with E-state index < -0.39 is 18.0 Å². The number of hydrogen-bond donors (Lipinski definition) is 0. The highest BCUT2D eigenvalue weighted by Crippen LogP contribution is 2.71. The number of anilines is 1. The number of carbonyl (C=O) groups excluding carboxylic acids is 1. The number of carbonyl (C=O) groups is 1. The molecule has 0 atom stereocenters. The lowest BCUT2D eigenvalue weighted by atomic mass is 9.41. The molecule has 1 aromatic carbocycles. The number of hydrogen-bond acceptors (Lipinski definition) is 7. The van der Waals surface area contributed by atoms with Gasteiger partial charge >= 0.3 is 12.4 Å². The minimum atomic E-state index is -2.79. The van der Waals surface area contributed by atoms with E-state index >= 15 is 0 Å². The molecular weight excluding hydrogens is 547 g/mol. The second kappa shape index (κ2) is 9.77. The predicted octanol–water partition coefficient (Wildman–Crippen LogP) is 6.77. The average Bonchev–Trinajstić information content (AvgIpc) is 3.48. The lowest BCUT2D eigenvalue weighted by Gasteiger charge is -2.66. The molecule has 0 radical (unpaired) electrons. The van der Waals surface area contributed by atoms with Gasteiger partial charge in [-0.3, -0.25) is 4.79 Å². The van der Waals surface area contributed by atoms with Gasteiger partial charge in [0.1, 0.15) is 5.67 Å². The summed E-state index contributed by atoms with van der Waals surface area (Å²) >= 11 is 0. The zero-order valence-corrected chi connectivity index (χ0v) is 23.6. The average molecular weight is 582 g/mol. The Morgan fingerprint density at radius 2 is 1.71 bits per heavy atom. The van der Waals surface area contributed by atoms with Gasteiger partial charge in [0.05, 0.1) is 6.61 Å². The van der Waals surface area contributed by atoms with E-state index in [2.05, 4.69) is 20.1 Å². The molecule has 6 aliphatic rings. The fraction of sp³-hybridized carbons (Fsp3) is 0.581. The molecule has 6 aliphatic carbocycles. The quantitative estimate of drug-likeness (QED) is 0.261. The molecule has 8 nitrogen and oxygen atoms in total. The maximum Gasteiger partial charge on any atom is 0.316 e. The van der Waals surface area contributed by atoms with Crippen molar-refractivity contribution in [3.8, 4) is 17.1 Å². The van der Waals surface area contributed by atoms with Crippen molar-refractivity contribution in [2.45, 2.75) is 88.6 Å². The van der Waals surface area contributed by atoms with Crippen LogP contribution in [0.2, 0.25) is 0 Å². The van der Waals surface area contributed by atoms with Gasteiger partial charge in [-0.25, -0.2) is 14.4 Å². The van der Waals surface area contributed by atoms with Gasteiger partial charge in [0, 0.05) is 42.0 Å². The minimum absolute atomic E-state index is 0.0216. The third-order valence-corrected chi connectivity index (χ3v) is 10.3. The van der Waals surface area contributed by atoms with Gasteiger partial charge in [-0.15, -0.1) is 0 Å². The number of benzene rings is 1. The summed E-state index contributed by atoms with van der Waals surface area (Å²) in [4.78, 5) is 28.5. The van der Waals surface area contributed by atoms with E-state index in [4.69, 9.17) is 9.26 Å². The molecule has 4 bridgehead atoms. The van der Waals surface area contributed by atoms with Gasteiger partial charge in [-0.1, -0.05) is 17.3 Å². The number of aromatic nitrogens is 4. The predicted molar refractivity (Wildman–Crippen MR) is 147 cm³/mol. The smallest absolute Gasteiger partial charge is 0.316 e. The van der Waals surface area contributed by atoms with Crippen molar-refractivity contribution in [3.05, 3.63) is 48.4 Å². The van der Waals surface area contributed by atoms with Crippen LogP contribution in [-0.4, -0.2) is 44.8 Å². The van der Waals surface area contributed by atoms with E-state index in [0.29, 0.717) is 50.7 Å². The summed E-state index contributed by atoms with van der Waals surface area (Å²) in [5.41, 5.74) is 0.757. The molecule has 0 N–H and O–H groups in total. The summed E-state index contributed by atoms with van der Waals surface area (Å²) in [5, 5.41) is 3.93. The molecule has 42 heavy (non-hydrogen) atoms. The molecular formula is C31H34F3N5O3. The molecule has 2 aromatic heterocycles. The molecule has 3 aromatic rings. The molecule has 0 aliphatic heterocycles. The van der Waals surface area contributed by atoms with E-state index in [9.17, 15) is 18.0 Å². The Bertz CT molecular complexity index is 1450. The Hall–Kier alpha value is -3.50. The molecule has 0 unspecified atom stereocenters. The van der Waals surface area contributed by atoms with Gasteiger partial charge in [0.25, 0.3) is 5.89 Å². The maximum atomic E-state index is 14.3. The number of nitrogens with zero attached hydrogens (tertiary/aromatic N) is 5. The molecule has 222 valence electrons. The highest BCUT2D eigenvalue weighted by molar-refractivity contribution is 5.95. The number of amides is 1. The molecule has 1 amide bonds. The number of rotatable bonds is 10. The van der Waals surface area contributed by atoms with Gasteiger partial charge in [0.15, 0.2) is 5.82 Å². The summed E-state index contributed by atoms with van der Waals surface area (Å²) in [6, 6.07) is 8.15. The van der Waals surface area contributed by atoms with Crippen LogP contribution in [-0.2, 0) is 10.2 Å². The van der Waals surface area contributed by atoms with Crippen LogP contribution in [0, 0.1) is 10.8 Å². The minimum Gasteiger partial charge on any atom is -0.464 e. The third kappa shape index (κ3) is 4.65. The topological polar surface area (TPSA) is 94.2 Å².